The molecule has 0 spiro atoms. The fourth-order valence-electron chi connectivity index (χ4n) is 5.09. The van der Waals surface area contributed by atoms with Gasteiger partial charge in [-0.1, -0.05) is 49.6 Å². The Morgan fingerprint density at radius 1 is 1.09 bits per heavy atom. The third-order valence-electron chi connectivity index (χ3n) is 6.84. The Kier molecular flexibility index (Phi) is 6.88. The lowest BCUT2D eigenvalue weighted by atomic mass is 9.88. The summed E-state index contributed by atoms with van der Waals surface area (Å²) in [5.74, 6) is 0.0330. The number of aromatic nitrogens is 2. The number of H-pyrrole nitrogens is 1. The average molecular weight is 494 g/mol. The monoisotopic (exact) mass is 493 g/mol. The first-order valence-electron chi connectivity index (χ1n) is 12.2. The number of aromatic amines is 1. The molecule has 1 saturated carbocycles. The molecule has 3 aromatic rings. The zero-order valence-corrected chi connectivity index (χ0v) is 20.4. The van der Waals surface area contributed by atoms with Crippen LogP contribution in [0, 0.1) is 5.92 Å². The number of nitrogens with zero attached hydrogens (tertiary/aromatic N) is 2. The fraction of sp³-hybridized carbons (Fsp3) is 0.385. The van der Waals surface area contributed by atoms with Gasteiger partial charge >= 0.3 is 0 Å². The van der Waals surface area contributed by atoms with E-state index in [0.29, 0.717) is 30.9 Å². The van der Waals surface area contributed by atoms with Crippen molar-refractivity contribution in [3.05, 3.63) is 72.3 Å². The minimum Gasteiger partial charge on any atom is -0.363 e. The van der Waals surface area contributed by atoms with Gasteiger partial charge in [-0.15, -0.1) is 0 Å². The summed E-state index contributed by atoms with van der Waals surface area (Å²) in [7, 11) is -3.76. The molecule has 0 radical (unpaired) electrons. The highest BCUT2D eigenvalue weighted by atomic mass is 32.2. The second-order valence-electron chi connectivity index (χ2n) is 9.47. The minimum atomic E-state index is -3.76. The Morgan fingerprint density at radius 2 is 1.89 bits per heavy atom. The molecule has 1 fully saturated rings. The van der Waals surface area contributed by atoms with Gasteiger partial charge in [0.05, 0.1) is 24.3 Å². The number of anilines is 2. The summed E-state index contributed by atoms with van der Waals surface area (Å²) in [5, 5.41) is 3.04. The summed E-state index contributed by atoms with van der Waals surface area (Å²) >= 11 is 0. The fourth-order valence-corrected chi connectivity index (χ4v) is 6.53. The van der Waals surface area contributed by atoms with Crippen molar-refractivity contribution < 1.29 is 13.2 Å². The first kappa shape index (κ1) is 23.6. The third kappa shape index (κ3) is 5.57. The molecule has 1 aromatic heterocycles. The minimum absolute atomic E-state index is 0.0151. The van der Waals surface area contributed by atoms with Crippen LogP contribution in [0.1, 0.15) is 43.4 Å². The quantitative estimate of drug-likeness (QED) is 0.484. The van der Waals surface area contributed by atoms with Crippen LogP contribution >= 0.6 is 0 Å². The topological polar surface area (TPSA) is 107 Å². The number of hydrogen-bond donors (Lipinski definition) is 3. The van der Waals surface area contributed by atoms with E-state index in [1.807, 2.05) is 35.2 Å². The summed E-state index contributed by atoms with van der Waals surface area (Å²) in [6.45, 7) is 0.940. The number of carbonyl (C=O) groups is 1. The highest BCUT2D eigenvalue weighted by Crippen LogP contribution is 2.33. The maximum absolute atomic E-state index is 13.4. The Hall–Kier alpha value is -3.17. The van der Waals surface area contributed by atoms with Gasteiger partial charge in [0.1, 0.15) is 4.90 Å². The van der Waals surface area contributed by atoms with E-state index in [-0.39, 0.29) is 22.8 Å². The zero-order valence-electron chi connectivity index (χ0n) is 19.6. The van der Waals surface area contributed by atoms with E-state index in [0.717, 1.165) is 36.9 Å². The van der Waals surface area contributed by atoms with E-state index >= 15 is 0 Å². The predicted octanol–water partition coefficient (Wildman–Crippen LogP) is 3.84. The lowest BCUT2D eigenvalue weighted by molar-refractivity contribution is -0.120. The van der Waals surface area contributed by atoms with Crippen LogP contribution in [0.3, 0.4) is 0 Å². The number of nitrogens with one attached hydrogen (secondary N) is 3. The number of carbonyl (C=O) groups excluding carboxylic acids is 1. The van der Waals surface area contributed by atoms with Crippen LogP contribution in [-0.2, 0) is 27.8 Å². The normalized spacial score (nSPS) is 20.1. The zero-order chi connectivity index (χ0) is 24.3. The molecule has 1 aliphatic heterocycles. The molecular formula is C26H31N5O3S. The number of amides is 1. The molecule has 2 aromatic carbocycles. The van der Waals surface area contributed by atoms with Gasteiger partial charge in [0.2, 0.25) is 15.9 Å². The number of rotatable bonds is 6. The highest BCUT2D eigenvalue weighted by molar-refractivity contribution is 7.89. The van der Waals surface area contributed by atoms with Gasteiger partial charge in [0.15, 0.2) is 0 Å². The van der Waals surface area contributed by atoms with Gasteiger partial charge in [-0.05, 0) is 43.0 Å². The van der Waals surface area contributed by atoms with Gasteiger partial charge in [0.25, 0.3) is 0 Å². The van der Waals surface area contributed by atoms with Crippen molar-refractivity contribution in [3.63, 3.8) is 0 Å². The Morgan fingerprint density at radius 3 is 2.63 bits per heavy atom. The number of hydrogen-bond acceptors (Lipinski definition) is 5. The van der Waals surface area contributed by atoms with Gasteiger partial charge < -0.3 is 15.2 Å². The van der Waals surface area contributed by atoms with Gasteiger partial charge in [0, 0.05) is 30.4 Å². The SMILES string of the molecule is O=C(Nc1ccc2c(c1)N(Cc1cnc[nH]1)CC(Cc1ccccc1)NS2(=O)=O)C1CCCCC1. The molecule has 184 valence electrons. The van der Waals surface area contributed by atoms with Crippen molar-refractivity contribution in [1.29, 1.82) is 0 Å². The molecule has 35 heavy (non-hydrogen) atoms. The molecule has 2 heterocycles. The molecule has 1 aliphatic carbocycles. The summed E-state index contributed by atoms with van der Waals surface area (Å²) in [6.07, 6.45) is 9.07. The molecule has 0 saturated heterocycles. The van der Waals surface area contributed by atoms with Crippen LogP contribution in [0.5, 0.6) is 0 Å². The summed E-state index contributed by atoms with van der Waals surface area (Å²) < 4.78 is 29.7. The Balaban J connectivity index is 1.46. The van der Waals surface area contributed by atoms with E-state index in [1.165, 1.54) is 6.42 Å². The van der Waals surface area contributed by atoms with Crippen LogP contribution in [0.2, 0.25) is 0 Å². The maximum Gasteiger partial charge on any atom is 0.242 e. The lowest BCUT2D eigenvalue weighted by Gasteiger charge is -2.27. The van der Waals surface area contributed by atoms with Gasteiger partial charge in [-0.2, -0.15) is 0 Å². The van der Waals surface area contributed by atoms with Crippen LogP contribution in [-0.4, -0.2) is 36.9 Å². The first-order chi connectivity index (χ1) is 17.0. The number of imidazole rings is 1. The van der Waals surface area contributed by atoms with Gasteiger partial charge in [-0.3, -0.25) is 4.79 Å². The Labute approximate surface area is 206 Å². The largest absolute Gasteiger partial charge is 0.363 e. The first-order valence-corrected chi connectivity index (χ1v) is 13.7. The highest BCUT2D eigenvalue weighted by Gasteiger charge is 2.32. The van der Waals surface area contributed by atoms with Crippen molar-refractivity contribution in [2.24, 2.45) is 5.92 Å². The number of benzene rings is 2. The van der Waals surface area contributed by atoms with E-state index in [1.54, 1.807) is 30.7 Å². The van der Waals surface area contributed by atoms with Crippen molar-refractivity contribution in [2.45, 2.75) is 56.0 Å². The average Bonchev–Trinajstić information content (AvgIpc) is 3.34. The molecule has 8 nitrogen and oxygen atoms in total. The lowest BCUT2D eigenvalue weighted by Crippen LogP contribution is -2.41. The van der Waals surface area contributed by atoms with Gasteiger partial charge in [-0.25, -0.2) is 18.1 Å². The van der Waals surface area contributed by atoms with E-state index in [4.69, 9.17) is 0 Å². The molecule has 0 bridgehead atoms. The third-order valence-corrected chi connectivity index (χ3v) is 8.40. The number of fused-ring (bicyclic) bond motifs is 1. The molecule has 5 rings (SSSR count). The van der Waals surface area contributed by atoms with E-state index in [9.17, 15) is 13.2 Å². The van der Waals surface area contributed by atoms with Crippen molar-refractivity contribution >= 4 is 27.3 Å². The number of sulfonamides is 1. The molecule has 1 amide bonds. The van der Waals surface area contributed by atoms with Crippen molar-refractivity contribution in [3.8, 4) is 0 Å². The second kappa shape index (κ2) is 10.2. The summed E-state index contributed by atoms with van der Waals surface area (Å²) in [5.41, 5.74) is 3.13. The van der Waals surface area contributed by atoms with Crippen molar-refractivity contribution in [1.82, 2.24) is 14.7 Å². The molecule has 2 aliphatic rings. The summed E-state index contributed by atoms with van der Waals surface area (Å²) in [4.78, 5) is 22.3. The van der Waals surface area contributed by atoms with Crippen molar-refractivity contribution in [2.75, 3.05) is 16.8 Å². The molecule has 9 heteroatoms. The predicted molar refractivity (Wildman–Crippen MR) is 136 cm³/mol. The molecule has 1 unspecified atom stereocenters. The molecule has 1 atom stereocenters. The van der Waals surface area contributed by atoms with E-state index in [2.05, 4.69) is 20.0 Å². The van der Waals surface area contributed by atoms with Crippen LogP contribution in [0.25, 0.3) is 0 Å². The standard InChI is InChI=1S/C26H31N5O3S/c32-26(20-9-5-2-6-10-20)29-21-11-12-25-24(14-21)31(17-23-15-27-18-28-23)16-22(30-35(25,33)34)13-19-7-3-1-4-8-19/h1,3-4,7-8,11-12,14-15,18,20,22,30H,2,5-6,9-10,13,16-17H2,(H,27,28)(H,29,32). The Bertz CT molecular complexity index is 1260. The molecule has 3 N–H and O–H groups in total. The van der Waals surface area contributed by atoms with Crippen LogP contribution < -0.4 is 14.9 Å². The smallest absolute Gasteiger partial charge is 0.242 e. The molecular weight excluding hydrogens is 462 g/mol. The van der Waals surface area contributed by atoms with Crippen LogP contribution in [0.4, 0.5) is 11.4 Å². The van der Waals surface area contributed by atoms with Crippen LogP contribution in [0.15, 0.2) is 66.0 Å². The maximum atomic E-state index is 13.4. The van der Waals surface area contributed by atoms with E-state index < -0.39 is 10.0 Å². The second-order valence-corrected chi connectivity index (χ2v) is 11.2. The summed E-state index contributed by atoms with van der Waals surface area (Å²) in [6, 6.07) is 14.6.